The fourth-order valence-electron chi connectivity index (χ4n) is 1.13. The second-order valence-electron chi connectivity index (χ2n) is 2.39. The van der Waals surface area contributed by atoms with Gasteiger partial charge in [0, 0.05) is 13.1 Å². The number of hydrogen-bond donors (Lipinski definition) is 1. The minimum Gasteiger partial charge on any atom is -0.312 e. The van der Waals surface area contributed by atoms with Crippen LogP contribution in [0.4, 0.5) is 0 Å². The van der Waals surface area contributed by atoms with E-state index in [1.807, 2.05) is 0 Å². The van der Waals surface area contributed by atoms with E-state index in [0.717, 1.165) is 19.0 Å². The molecular weight excluding hydrogens is 98.1 g/mol. The first kappa shape index (κ1) is 5.83. The van der Waals surface area contributed by atoms with E-state index >= 15 is 0 Å². The normalized spacial score (nSPS) is 29.1. The molecular formula is C7H13N. The number of rotatable bonds is 1. The van der Waals surface area contributed by atoms with Crippen LogP contribution in [-0.2, 0) is 0 Å². The van der Waals surface area contributed by atoms with Crippen molar-refractivity contribution < 1.29 is 0 Å². The summed E-state index contributed by atoms with van der Waals surface area (Å²) in [4.78, 5) is 0. The van der Waals surface area contributed by atoms with Crippen LogP contribution in [0, 0.1) is 5.92 Å². The Bertz CT molecular complexity index is 96.6. The van der Waals surface area contributed by atoms with Crippen LogP contribution in [0.25, 0.3) is 0 Å². The molecule has 0 amide bonds. The van der Waals surface area contributed by atoms with Gasteiger partial charge in [-0.15, -0.1) is 0 Å². The van der Waals surface area contributed by atoms with E-state index in [4.69, 9.17) is 0 Å². The fourth-order valence-corrected chi connectivity index (χ4v) is 1.13. The van der Waals surface area contributed by atoms with Gasteiger partial charge in [0.05, 0.1) is 0 Å². The molecule has 0 spiro atoms. The van der Waals surface area contributed by atoms with E-state index in [1.54, 1.807) is 0 Å². The van der Waals surface area contributed by atoms with Crippen molar-refractivity contribution in [2.24, 2.45) is 5.92 Å². The SMILES string of the molecule is C=C1CNCC1CC. The highest BCUT2D eigenvalue weighted by molar-refractivity contribution is 5.08. The largest absolute Gasteiger partial charge is 0.312 e. The molecule has 1 aliphatic rings. The fraction of sp³-hybridized carbons (Fsp3) is 0.714. The minimum atomic E-state index is 0.759. The van der Waals surface area contributed by atoms with Crippen molar-refractivity contribution in [1.29, 1.82) is 0 Å². The molecule has 0 aliphatic carbocycles. The van der Waals surface area contributed by atoms with E-state index < -0.39 is 0 Å². The summed E-state index contributed by atoms with van der Waals surface area (Å²) in [7, 11) is 0. The Hall–Kier alpha value is -0.300. The Balaban J connectivity index is 2.42. The molecule has 1 N–H and O–H groups in total. The summed E-state index contributed by atoms with van der Waals surface area (Å²) in [6.07, 6.45) is 1.24. The molecule has 0 saturated carbocycles. The summed E-state index contributed by atoms with van der Waals surface area (Å²) in [5.41, 5.74) is 1.38. The second kappa shape index (κ2) is 2.31. The third-order valence-corrected chi connectivity index (χ3v) is 1.81. The van der Waals surface area contributed by atoms with Gasteiger partial charge in [0.1, 0.15) is 0 Å². The van der Waals surface area contributed by atoms with Crippen molar-refractivity contribution in [2.75, 3.05) is 13.1 Å². The van der Waals surface area contributed by atoms with Gasteiger partial charge in [-0.05, 0) is 12.3 Å². The van der Waals surface area contributed by atoms with Crippen LogP contribution in [0.2, 0.25) is 0 Å². The van der Waals surface area contributed by atoms with E-state index in [0.29, 0.717) is 0 Å². The van der Waals surface area contributed by atoms with Crippen molar-refractivity contribution in [3.8, 4) is 0 Å². The molecule has 1 fully saturated rings. The Morgan fingerprint density at radius 1 is 1.88 bits per heavy atom. The predicted molar refractivity (Wildman–Crippen MR) is 35.8 cm³/mol. The topological polar surface area (TPSA) is 12.0 Å². The molecule has 1 atom stereocenters. The zero-order valence-electron chi connectivity index (χ0n) is 5.41. The quantitative estimate of drug-likeness (QED) is 0.501. The Kier molecular flexibility index (Phi) is 1.69. The average molecular weight is 111 g/mol. The number of nitrogens with one attached hydrogen (secondary N) is 1. The highest BCUT2D eigenvalue weighted by Crippen LogP contribution is 2.15. The lowest BCUT2D eigenvalue weighted by atomic mass is 10.0. The standard InChI is InChI=1S/C7H13N/c1-3-7-5-8-4-6(7)2/h7-8H,2-5H2,1H3. The van der Waals surface area contributed by atoms with Gasteiger partial charge in [0.2, 0.25) is 0 Å². The average Bonchev–Trinajstić information content (AvgIpc) is 2.14. The Morgan fingerprint density at radius 2 is 2.62 bits per heavy atom. The van der Waals surface area contributed by atoms with Crippen LogP contribution in [0.1, 0.15) is 13.3 Å². The lowest BCUT2D eigenvalue weighted by molar-refractivity contribution is 0.632. The van der Waals surface area contributed by atoms with Crippen LogP contribution in [0.15, 0.2) is 12.2 Å². The molecule has 1 rings (SSSR count). The lowest BCUT2D eigenvalue weighted by Gasteiger charge is -2.02. The summed E-state index contributed by atoms with van der Waals surface area (Å²) < 4.78 is 0. The van der Waals surface area contributed by atoms with Crippen LogP contribution >= 0.6 is 0 Å². The first-order valence-electron chi connectivity index (χ1n) is 3.23. The van der Waals surface area contributed by atoms with Gasteiger partial charge in [-0.2, -0.15) is 0 Å². The van der Waals surface area contributed by atoms with Crippen LogP contribution < -0.4 is 5.32 Å². The van der Waals surface area contributed by atoms with Crippen LogP contribution in [0.3, 0.4) is 0 Å². The molecule has 0 aromatic heterocycles. The predicted octanol–water partition coefficient (Wildman–Crippen LogP) is 1.17. The smallest absolute Gasteiger partial charge is 0.0165 e. The monoisotopic (exact) mass is 111 g/mol. The Labute approximate surface area is 50.8 Å². The van der Waals surface area contributed by atoms with Crippen LogP contribution in [0.5, 0.6) is 0 Å². The van der Waals surface area contributed by atoms with Gasteiger partial charge < -0.3 is 5.32 Å². The Morgan fingerprint density at radius 3 is 2.88 bits per heavy atom. The van der Waals surface area contributed by atoms with Gasteiger partial charge in [0.25, 0.3) is 0 Å². The summed E-state index contributed by atoms with van der Waals surface area (Å²) in [6.45, 7) is 8.34. The van der Waals surface area contributed by atoms with E-state index in [2.05, 4.69) is 18.8 Å². The van der Waals surface area contributed by atoms with Gasteiger partial charge >= 0.3 is 0 Å². The number of hydrogen-bond acceptors (Lipinski definition) is 1. The van der Waals surface area contributed by atoms with Crippen LogP contribution in [-0.4, -0.2) is 13.1 Å². The summed E-state index contributed by atoms with van der Waals surface area (Å²) in [5, 5.41) is 3.27. The van der Waals surface area contributed by atoms with E-state index in [-0.39, 0.29) is 0 Å². The molecule has 0 bridgehead atoms. The van der Waals surface area contributed by atoms with E-state index in [9.17, 15) is 0 Å². The molecule has 0 radical (unpaired) electrons. The first-order chi connectivity index (χ1) is 3.84. The zero-order chi connectivity index (χ0) is 5.98. The maximum absolute atomic E-state index is 3.94. The molecule has 1 saturated heterocycles. The van der Waals surface area contributed by atoms with Crippen molar-refractivity contribution in [3.63, 3.8) is 0 Å². The molecule has 1 nitrogen and oxygen atoms in total. The lowest BCUT2D eigenvalue weighted by Crippen LogP contribution is -2.07. The molecule has 0 aromatic rings. The van der Waals surface area contributed by atoms with Crippen molar-refractivity contribution in [3.05, 3.63) is 12.2 Å². The van der Waals surface area contributed by atoms with Gasteiger partial charge in [-0.3, -0.25) is 0 Å². The molecule has 1 aliphatic heterocycles. The highest BCUT2D eigenvalue weighted by atomic mass is 14.9. The third kappa shape index (κ3) is 0.920. The molecule has 8 heavy (non-hydrogen) atoms. The van der Waals surface area contributed by atoms with Crippen molar-refractivity contribution in [1.82, 2.24) is 5.32 Å². The van der Waals surface area contributed by atoms with Crippen molar-refractivity contribution >= 4 is 0 Å². The molecule has 1 heteroatoms. The van der Waals surface area contributed by atoms with E-state index in [1.165, 1.54) is 12.0 Å². The summed E-state index contributed by atoms with van der Waals surface area (Å²) >= 11 is 0. The maximum Gasteiger partial charge on any atom is 0.0165 e. The van der Waals surface area contributed by atoms with Crippen molar-refractivity contribution in [2.45, 2.75) is 13.3 Å². The summed E-state index contributed by atoms with van der Waals surface area (Å²) in [6, 6.07) is 0. The van der Waals surface area contributed by atoms with Gasteiger partial charge in [-0.25, -0.2) is 0 Å². The summed E-state index contributed by atoms with van der Waals surface area (Å²) in [5.74, 6) is 0.759. The third-order valence-electron chi connectivity index (χ3n) is 1.81. The molecule has 0 aromatic carbocycles. The highest BCUT2D eigenvalue weighted by Gasteiger charge is 2.15. The second-order valence-corrected chi connectivity index (χ2v) is 2.39. The van der Waals surface area contributed by atoms with Gasteiger partial charge in [-0.1, -0.05) is 19.1 Å². The zero-order valence-corrected chi connectivity index (χ0v) is 5.41. The molecule has 1 unspecified atom stereocenters. The van der Waals surface area contributed by atoms with Gasteiger partial charge in [0.15, 0.2) is 0 Å². The maximum atomic E-state index is 3.94. The first-order valence-corrected chi connectivity index (χ1v) is 3.23. The molecule has 46 valence electrons. The molecule has 1 heterocycles. The minimum absolute atomic E-state index is 0.759.